The van der Waals surface area contributed by atoms with Gasteiger partial charge >= 0.3 is 0 Å². The van der Waals surface area contributed by atoms with Crippen LogP contribution in [0.3, 0.4) is 0 Å². The SMILES string of the molecule is CCCn1c(C)cnc1C1CCN(C(=O)Cc2cccc(OC)c2)C1. The highest BCUT2D eigenvalue weighted by Gasteiger charge is 2.30. The number of nitrogens with zero attached hydrogens (tertiary/aromatic N) is 3. The Hall–Kier alpha value is -2.30. The van der Waals surface area contributed by atoms with Gasteiger partial charge in [0.05, 0.1) is 13.5 Å². The minimum Gasteiger partial charge on any atom is -0.497 e. The van der Waals surface area contributed by atoms with Gasteiger partial charge in [-0.1, -0.05) is 19.1 Å². The van der Waals surface area contributed by atoms with Gasteiger partial charge in [0, 0.05) is 37.4 Å². The zero-order chi connectivity index (χ0) is 17.8. The Labute approximate surface area is 149 Å². The molecule has 1 amide bonds. The van der Waals surface area contributed by atoms with Gasteiger partial charge in [0.2, 0.25) is 5.91 Å². The van der Waals surface area contributed by atoms with E-state index in [1.807, 2.05) is 35.4 Å². The molecule has 2 heterocycles. The average molecular weight is 341 g/mol. The highest BCUT2D eigenvalue weighted by Crippen LogP contribution is 2.28. The fraction of sp³-hybridized carbons (Fsp3) is 0.500. The molecule has 5 heteroatoms. The Morgan fingerprint density at radius 3 is 3.00 bits per heavy atom. The zero-order valence-corrected chi connectivity index (χ0v) is 15.4. The summed E-state index contributed by atoms with van der Waals surface area (Å²) in [4.78, 5) is 19.3. The summed E-state index contributed by atoms with van der Waals surface area (Å²) in [5.41, 5.74) is 2.20. The van der Waals surface area contributed by atoms with Gasteiger partial charge in [-0.2, -0.15) is 0 Å². The molecule has 0 N–H and O–H groups in total. The third kappa shape index (κ3) is 3.86. The molecule has 1 fully saturated rings. The Morgan fingerprint density at radius 2 is 2.24 bits per heavy atom. The Balaban J connectivity index is 1.65. The number of aryl methyl sites for hydroxylation is 1. The quantitative estimate of drug-likeness (QED) is 0.811. The molecule has 0 radical (unpaired) electrons. The second-order valence-corrected chi connectivity index (χ2v) is 6.76. The van der Waals surface area contributed by atoms with Crippen LogP contribution >= 0.6 is 0 Å². The smallest absolute Gasteiger partial charge is 0.227 e. The number of benzene rings is 1. The normalized spacial score (nSPS) is 17.1. The van der Waals surface area contributed by atoms with E-state index < -0.39 is 0 Å². The van der Waals surface area contributed by atoms with Crippen molar-refractivity contribution < 1.29 is 9.53 Å². The van der Waals surface area contributed by atoms with E-state index in [-0.39, 0.29) is 5.91 Å². The lowest BCUT2D eigenvalue weighted by atomic mass is 10.1. The standard InChI is InChI=1S/C20H27N3O2/c1-4-9-23-15(2)13-21-20(23)17-8-10-22(14-17)19(24)12-16-6-5-7-18(11-16)25-3/h5-7,11,13,17H,4,8-10,12,14H2,1-3H3. The van der Waals surface area contributed by atoms with Gasteiger partial charge in [-0.25, -0.2) is 4.98 Å². The van der Waals surface area contributed by atoms with E-state index in [4.69, 9.17) is 4.74 Å². The van der Waals surface area contributed by atoms with Crippen molar-refractivity contribution in [3.05, 3.63) is 47.5 Å². The monoisotopic (exact) mass is 341 g/mol. The maximum Gasteiger partial charge on any atom is 0.227 e. The first-order valence-corrected chi connectivity index (χ1v) is 9.05. The number of carbonyl (C=O) groups is 1. The van der Waals surface area contributed by atoms with Gasteiger partial charge in [-0.3, -0.25) is 4.79 Å². The molecule has 1 unspecified atom stereocenters. The molecule has 0 spiro atoms. The molecule has 0 saturated carbocycles. The number of methoxy groups -OCH3 is 1. The lowest BCUT2D eigenvalue weighted by Gasteiger charge is -2.18. The van der Waals surface area contributed by atoms with Crippen LogP contribution < -0.4 is 4.74 Å². The van der Waals surface area contributed by atoms with Crippen LogP contribution in [0.25, 0.3) is 0 Å². The molecule has 1 aliphatic heterocycles. The summed E-state index contributed by atoms with van der Waals surface area (Å²) in [5.74, 6) is 2.45. The van der Waals surface area contributed by atoms with Gasteiger partial charge in [-0.05, 0) is 37.5 Å². The third-order valence-corrected chi connectivity index (χ3v) is 4.93. The minimum absolute atomic E-state index is 0.182. The van der Waals surface area contributed by atoms with Crippen LogP contribution in [-0.2, 0) is 17.8 Å². The van der Waals surface area contributed by atoms with Crippen molar-refractivity contribution in [1.29, 1.82) is 0 Å². The molecule has 1 atom stereocenters. The summed E-state index contributed by atoms with van der Waals surface area (Å²) in [6.45, 7) is 6.86. The Bertz CT molecular complexity index is 738. The van der Waals surface area contributed by atoms with Crippen LogP contribution in [0.15, 0.2) is 30.5 Å². The molecule has 0 bridgehead atoms. The number of hydrogen-bond acceptors (Lipinski definition) is 3. The van der Waals surface area contributed by atoms with Crippen molar-refractivity contribution in [2.75, 3.05) is 20.2 Å². The molecule has 1 saturated heterocycles. The van der Waals surface area contributed by atoms with Gasteiger partial charge in [-0.15, -0.1) is 0 Å². The molecular weight excluding hydrogens is 314 g/mol. The molecule has 25 heavy (non-hydrogen) atoms. The first-order valence-electron chi connectivity index (χ1n) is 9.05. The number of carbonyl (C=O) groups excluding carboxylic acids is 1. The van der Waals surface area contributed by atoms with Crippen molar-refractivity contribution in [3.8, 4) is 5.75 Å². The lowest BCUT2D eigenvalue weighted by molar-refractivity contribution is -0.129. The summed E-state index contributed by atoms with van der Waals surface area (Å²) in [6, 6.07) is 7.74. The van der Waals surface area contributed by atoms with E-state index in [0.29, 0.717) is 12.3 Å². The van der Waals surface area contributed by atoms with Crippen LogP contribution in [0.1, 0.15) is 42.8 Å². The number of aromatic nitrogens is 2. The Morgan fingerprint density at radius 1 is 1.40 bits per heavy atom. The van der Waals surface area contributed by atoms with Crippen LogP contribution in [0.2, 0.25) is 0 Å². The maximum atomic E-state index is 12.7. The minimum atomic E-state index is 0.182. The van der Waals surface area contributed by atoms with Crippen LogP contribution in [0.4, 0.5) is 0 Å². The number of hydrogen-bond donors (Lipinski definition) is 0. The maximum absolute atomic E-state index is 12.7. The summed E-state index contributed by atoms with van der Waals surface area (Å²) in [5, 5.41) is 0. The second kappa shape index (κ2) is 7.72. The lowest BCUT2D eigenvalue weighted by Crippen LogP contribution is -2.30. The predicted molar refractivity (Wildman–Crippen MR) is 97.9 cm³/mol. The van der Waals surface area contributed by atoms with Crippen molar-refractivity contribution in [2.45, 2.75) is 45.6 Å². The molecule has 1 aromatic heterocycles. The highest BCUT2D eigenvalue weighted by molar-refractivity contribution is 5.79. The number of ether oxygens (including phenoxy) is 1. The summed E-state index contributed by atoms with van der Waals surface area (Å²) in [7, 11) is 1.65. The van der Waals surface area contributed by atoms with Gasteiger partial charge < -0.3 is 14.2 Å². The molecule has 3 rings (SSSR count). The first-order chi connectivity index (χ1) is 12.1. The van der Waals surface area contributed by atoms with Gasteiger partial charge in [0.15, 0.2) is 0 Å². The van der Waals surface area contributed by atoms with Gasteiger partial charge in [0.25, 0.3) is 0 Å². The molecule has 134 valence electrons. The molecule has 0 aliphatic carbocycles. The van der Waals surface area contributed by atoms with E-state index >= 15 is 0 Å². The van der Waals surface area contributed by atoms with E-state index in [0.717, 1.165) is 49.6 Å². The zero-order valence-electron chi connectivity index (χ0n) is 15.4. The number of imidazole rings is 1. The molecule has 1 aliphatic rings. The number of amides is 1. The van der Waals surface area contributed by atoms with Crippen molar-refractivity contribution in [1.82, 2.24) is 14.5 Å². The molecule has 5 nitrogen and oxygen atoms in total. The van der Waals surface area contributed by atoms with Gasteiger partial charge in [0.1, 0.15) is 11.6 Å². The Kier molecular flexibility index (Phi) is 5.41. The summed E-state index contributed by atoms with van der Waals surface area (Å²) in [6.07, 6.45) is 4.46. The molecule has 2 aromatic rings. The highest BCUT2D eigenvalue weighted by atomic mass is 16.5. The fourth-order valence-electron chi connectivity index (χ4n) is 3.59. The van der Waals surface area contributed by atoms with E-state index in [2.05, 4.69) is 23.4 Å². The van der Waals surface area contributed by atoms with Crippen LogP contribution in [0, 0.1) is 6.92 Å². The van der Waals surface area contributed by atoms with Crippen LogP contribution in [-0.4, -0.2) is 40.6 Å². The summed E-state index contributed by atoms with van der Waals surface area (Å²) < 4.78 is 7.55. The third-order valence-electron chi connectivity index (χ3n) is 4.93. The van der Waals surface area contributed by atoms with Crippen molar-refractivity contribution >= 4 is 5.91 Å². The first kappa shape index (κ1) is 17.5. The number of likely N-dealkylation sites (tertiary alicyclic amines) is 1. The van der Waals surface area contributed by atoms with Crippen molar-refractivity contribution in [3.63, 3.8) is 0 Å². The topological polar surface area (TPSA) is 47.4 Å². The van der Waals surface area contributed by atoms with E-state index in [1.54, 1.807) is 7.11 Å². The van der Waals surface area contributed by atoms with Crippen LogP contribution in [0.5, 0.6) is 5.75 Å². The second-order valence-electron chi connectivity index (χ2n) is 6.76. The average Bonchev–Trinajstić information content (AvgIpc) is 3.23. The van der Waals surface area contributed by atoms with Crippen molar-refractivity contribution in [2.24, 2.45) is 0 Å². The summed E-state index contributed by atoms with van der Waals surface area (Å²) >= 11 is 0. The largest absolute Gasteiger partial charge is 0.497 e. The fourth-order valence-corrected chi connectivity index (χ4v) is 3.59. The molecular formula is C20H27N3O2. The molecule has 1 aromatic carbocycles. The predicted octanol–water partition coefficient (Wildman–Crippen LogP) is 3.17. The van der Waals surface area contributed by atoms with E-state index in [1.165, 1.54) is 5.69 Å². The number of rotatable bonds is 6. The van der Waals surface area contributed by atoms with E-state index in [9.17, 15) is 4.79 Å².